The lowest BCUT2D eigenvalue weighted by Crippen LogP contribution is -2.00. The van der Waals surface area contributed by atoms with Crippen LogP contribution in [0.4, 0.5) is 0 Å². The molecule has 0 amide bonds. The van der Waals surface area contributed by atoms with Crippen LogP contribution in [0.5, 0.6) is 0 Å². The minimum absolute atomic E-state index is 0.640. The fourth-order valence-corrected chi connectivity index (χ4v) is 0.790. The predicted octanol–water partition coefficient (Wildman–Crippen LogP) is 0.748. The summed E-state index contributed by atoms with van der Waals surface area (Å²) >= 11 is 1.38. The van der Waals surface area contributed by atoms with Crippen LogP contribution < -0.4 is 0 Å². The van der Waals surface area contributed by atoms with Crippen LogP contribution in [0.15, 0.2) is 5.41 Å². The molecule has 0 unspecified atom stereocenters. The van der Waals surface area contributed by atoms with Crippen LogP contribution in [-0.2, 0) is 0 Å². The lowest BCUT2D eigenvalue weighted by Gasteiger charge is -1.98. The Hall–Kier alpha value is -0.620. The van der Waals surface area contributed by atoms with Gasteiger partial charge in [0.25, 0.3) is 0 Å². The van der Waals surface area contributed by atoms with Crippen LogP contribution in [-0.4, -0.2) is 10.8 Å². The fraction of sp³-hybridized carbons (Fsp3) is 0.250. The van der Waals surface area contributed by atoms with Crippen LogP contribution in [0.3, 0.4) is 0 Å². The highest BCUT2D eigenvalue weighted by molar-refractivity contribution is 8.00. The predicted molar refractivity (Wildman–Crippen MR) is 27.7 cm³/mol. The minimum Gasteiger partial charge on any atom is -0.245 e. The van der Waals surface area contributed by atoms with E-state index in [0.717, 1.165) is 0 Å². The Morgan fingerprint density at radius 2 is 2.86 bits per heavy atom. The van der Waals surface area contributed by atoms with E-state index in [4.69, 9.17) is 5.26 Å². The van der Waals surface area contributed by atoms with E-state index < -0.39 is 0 Å². The molecule has 0 aliphatic carbocycles. The highest BCUT2D eigenvalue weighted by atomic mass is 32.2. The molecular formula is C4H3N2S. The second kappa shape index (κ2) is 1.90. The quantitative estimate of drug-likeness (QED) is 0.341. The van der Waals surface area contributed by atoms with Crippen molar-refractivity contribution in [2.75, 3.05) is 6.54 Å². The molecule has 0 aromatic heterocycles. The number of hydrogen-bond acceptors (Lipinski definition) is 3. The summed E-state index contributed by atoms with van der Waals surface area (Å²) in [4.78, 5) is 0. The average Bonchev–Trinajstić information content (AvgIpc) is 2.14. The molecule has 3 heteroatoms. The van der Waals surface area contributed by atoms with Crippen molar-refractivity contribution in [3.8, 4) is 6.19 Å². The molecule has 35 valence electrons. The first-order valence-electron chi connectivity index (χ1n) is 1.82. The Morgan fingerprint density at radius 3 is 3.14 bits per heavy atom. The van der Waals surface area contributed by atoms with E-state index in [2.05, 4.69) is 6.08 Å². The smallest absolute Gasteiger partial charge is 0.190 e. The summed E-state index contributed by atoms with van der Waals surface area (Å²) in [5.41, 5.74) is 0. The Balaban J connectivity index is 2.39. The van der Waals surface area contributed by atoms with Gasteiger partial charge in [-0.25, -0.2) is 4.31 Å². The normalized spacial score (nSPS) is 17.3. The first-order valence-corrected chi connectivity index (χ1v) is 2.66. The van der Waals surface area contributed by atoms with Crippen LogP contribution in [0.2, 0.25) is 0 Å². The standard InChI is InChI=1S/C4H3N2S/c5-4-6-2-1-3-7-6/h3H,2H2. The monoisotopic (exact) mass is 111 g/mol. The third kappa shape index (κ3) is 0.875. The van der Waals surface area contributed by atoms with Crippen LogP contribution >= 0.6 is 11.9 Å². The summed E-state index contributed by atoms with van der Waals surface area (Å²) in [6, 6.07) is 0. The lowest BCUT2D eigenvalue weighted by molar-refractivity contribution is 0.727. The highest BCUT2D eigenvalue weighted by Gasteiger charge is 2.01. The van der Waals surface area contributed by atoms with Crippen molar-refractivity contribution in [1.29, 1.82) is 5.26 Å². The molecule has 1 heterocycles. The molecule has 7 heavy (non-hydrogen) atoms. The molecule has 0 N–H and O–H groups in total. The molecule has 1 radical (unpaired) electrons. The number of nitrogens with zero attached hydrogens (tertiary/aromatic N) is 2. The first-order chi connectivity index (χ1) is 3.43. The molecule has 2 nitrogen and oxygen atoms in total. The van der Waals surface area contributed by atoms with Gasteiger partial charge in [0, 0.05) is 0 Å². The maximum absolute atomic E-state index is 8.16. The molecule has 0 fully saturated rings. The molecule has 1 aliphatic heterocycles. The van der Waals surface area contributed by atoms with E-state index in [9.17, 15) is 0 Å². The van der Waals surface area contributed by atoms with Gasteiger partial charge in [0.05, 0.1) is 6.54 Å². The molecule has 1 rings (SSSR count). The zero-order chi connectivity index (χ0) is 5.11. The Morgan fingerprint density at radius 1 is 2.00 bits per heavy atom. The van der Waals surface area contributed by atoms with E-state index in [1.54, 1.807) is 9.71 Å². The summed E-state index contributed by atoms with van der Waals surface area (Å²) in [5.74, 6) is 0. The highest BCUT2D eigenvalue weighted by Crippen LogP contribution is 2.14. The van der Waals surface area contributed by atoms with Gasteiger partial charge in [0.1, 0.15) is 0 Å². The molecule has 0 saturated heterocycles. The van der Waals surface area contributed by atoms with Crippen molar-refractivity contribution in [2.24, 2.45) is 0 Å². The third-order valence-corrected chi connectivity index (χ3v) is 1.35. The van der Waals surface area contributed by atoms with Gasteiger partial charge in [-0.2, -0.15) is 5.26 Å². The fourth-order valence-electron chi connectivity index (χ4n) is 0.317. The van der Waals surface area contributed by atoms with Crippen molar-refractivity contribution in [3.63, 3.8) is 0 Å². The van der Waals surface area contributed by atoms with Crippen molar-refractivity contribution in [3.05, 3.63) is 11.5 Å². The second-order valence-corrected chi connectivity index (χ2v) is 1.95. The van der Waals surface area contributed by atoms with E-state index in [1.807, 2.05) is 6.19 Å². The summed E-state index contributed by atoms with van der Waals surface area (Å²) in [6.07, 6.45) is 4.83. The van der Waals surface area contributed by atoms with Crippen LogP contribution in [0.25, 0.3) is 0 Å². The molecule has 0 atom stereocenters. The average molecular weight is 111 g/mol. The first kappa shape index (κ1) is 4.54. The van der Waals surface area contributed by atoms with E-state index >= 15 is 0 Å². The van der Waals surface area contributed by atoms with E-state index in [-0.39, 0.29) is 0 Å². The summed E-state index contributed by atoms with van der Waals surface area (Å²) < 4.78 is 1.54. The molecule has 1 aliphatic rings. The maximum atomic E-state index is 8.16. The summed E-state index contributed by atoms with van der Waals surface area (Å²) in [7, 11) is 0. The second-order valence-electron chi connectivity index (χ2n) is 1.06. The van der Waals surface area contributed by atoms with Gasteiger partial charge in [0.2, 0.25) is 0 Å². The van der Waals surface area contributed by atoms with Crippen molar-refractivity contribution < 1.29 is 0 Å². The molecule has 0 aromatic rings. The third-order valence-electron chi connectivity index (χ3n) is 0.610. The Kier molecular flexibility index (Phi) is 1.23. The number of nitriles is 1. The Bertz CT molecular complexity index is 116. The molecule has 0 bridgehead atoms. The van der Waals surface area contributed by atoms with Gasteiger partial charge < -0.3 is 0 Å². The van der Waals surface area contributed by atoms with Crippen molar-refractivity contribution in [2.45, 2.75) is 0 Å². The summed E-state index contributed by atoms with van der Waals surface area (Å²) in [6.45, 7) is 0.640. The largest absolute Gasteiger partial charge is 0.245 e. The van der Waals surface area contributed by atoms with Gasteiger partial charge in [-0.05, 0) is 23.4 Å². The topological polar surface area (TPSA) is 27.0 Å². The lowest BCUT2D eigenvalue weighted by atomic mass is 10.6. The summed E-state index contributed by atoms with van der Waals surface area (Å²) in [5, 5.41) is 9.94. The maximum Gasteiger partial charge on any atom is 0.190 e. The van der Waals surface area contributed by atoms with E-state index in [0.29, 0.717) is 6.54 Å². The van der Waals surface area contributed by atoms with Gasteiger partial charge in [-0.1, -0.05) is 0 Å². The number of rotatable bonds is 0. The van der Waals surface area contributed by atoms with Crippen molar-refractivity contribution >= 4 is 11.9 Å². The van der Waals surface area contributed by atoms with Crippen molar-refractivity contribution in [1.82, 2.24) is 4.31 Å². The molecule has 0 saturated carbocycles. The zero-order valence-corrected chi connectivity index (χ0v) is 4.40. The molecule has 0 spiro atoms. The SMILES string of the molecule is N#CN1C[C]=CS1. The van der Waals surface area contributed by atoms with Gasteiger partial charge >= 0.3 is 0 Å². The van der Waals surface area contributed by atoms with E-state index in [1.165, 1.54) is 11.9 Å². The minimum atomic E-state index is 0.640. The van der Waals surface area contributed by atoms with Crippen LogP contribution in [0.1, 0.15) is 0 Å². The Labute approximate surface area is 46.5 Å². The molecule has 0 aromatic carbocycles. The van der Waals surface area contributed by atoms with Gasteiger partial charge in [0.15, 0.2) is 6.19 Å². The number of hydrogen-bond donors (Lipinski definition) is 0. The van der Waals surface area contributed by atoms with Gasteiger partial charge in [-0.3, -0.25) is 0 Å². The van der Waals surface area contributed by atoms with Gasteiger partial charge in [-0.15, -0.1) is 0 Å². The van der Waals surface area contributed by atoms with Crippen LogP contribution in [0, 0.1) is 17.5 Å². The molecular weight excluding hydrogens is 108 g/mol. The zero-order valence-electron chi connectivity index (χ0n) is 3.59.